The SMILES string of the molecule is O=C(CCc1cccc([N+](=O)[O-])c1)N1CC(=O)N(CC(F)(F)F)C1. The lowest BCUT2D eigenvalue weighted by Gasteiger charge is -2.19. The Morgan fingerprint density at radius 3 is 2.67 bits per heavy atom. The molecule has 0 unspecified atom stereocenters. The Morgan fingerprint density at radius 2 is 2.04 bits per heavy atom. The molecule has 0 radical (unpaired) electrons. The molecular weight excluding hydrogens is 331 g/mol. The molecule has 2 rings (SSSR count). The Labute approximate surface area is 134 Å². The van der Waals surface area contributed by atoms with E-state index >= 15 is 0 Å². The third kappa shape index (κ3) is 4.67. The van der Waals surface area contributed by atoms with Crippen LogP contribution in [0.15, 0.2) is 24.3 Å². The summed E-state index contributed by atoms with van der Waals surface area (Å²) in [5.74, 6) is -1.23. The third-order valence-electron chi connectivity index (χ3n) is 3.49. The highest BCUT2D eigenvalue weighted by atomic mass is 19.4. The fourth-order valence-electron chi connectivity index (χ4n) is 2.35. The van der Waals surface area contributed by atoms with Crippen LogP contribution in [0, 0.1) is 10.1 Å². The van der Waals surface area contributed by atoms with Gasteiger partial charge in [-0.05, 0) is 12.0 Å². The summed E-state index contributed by atoms with van der Waals surface area (Å²) in [4.78, 5) is 35.3. The van der Waals surface area contributed by atoms with E-state index in [-0.39, 0.29) is 25.1 Å². The lowest BCUT2D eigenvalue weighted by atomic mass is 10.1. The molecule has 7 nitrogen and oxygen atoms in total. The van der Waals surface area contributed by atoms with Gasteiger partial charge in [-0.25, -0.2) is 0 Å². The highest BCUT2D eigenvalue weighted by Crippen LogP contribution is 2.20. The minimum atomic E-state index is -4.52. The first-order valence-electron chi connectivity index (χ1n) is 7.01. The van der Waals surface area contributed by atoms with Crippen molar-refractivity contribution in [3.63, 3.8) is 0 Å². The summed E-state index contributed by atoms with van der Waals surface area (Å²) >= 11 is 0. The first-order valence-corrected chi connectivity index (χ1v) is 7.01. The normalized spacial score (nSPS) is 15.0. The Morgan fingerprint density at radius 1 is 1.33 bits per heavy atom. The zero-order valence-corrected chi connectivity index (χ0v) is 12.5. The average Bonchev–Trinajstić information content (AvgIpc) is 2.84. The van der Waals surface area contributed by atoms with Crippen LogP contribution >= 0.6 is 0 Å². The van der Waals surface area contributed by atoms with Crippen molar-refractivity contribution in [2.24, 2.45) is 0 Å². The zero-order chi connectivity index (χ0) is 17.9. The average molecular weight is 345 g/mol. The number of aryl methyl sites for hydroxylation is 1. The topological polar surface area (TPSA) is 83.8 Å². The van der Waals surface area contributed by atoms with Crippen molar-refractivity contribution in [3.05, 3.63) is 39.9 Å². The lowest BCUT2D eigenvalue weighted by Crippen LogP contribution is -2.37. The van der Waals surface area contributed by atoms with Gasteiger partial charge >= 0.3 is 6.18 Å². The summed E-state index contributed by atoms with van der Waals surface area (Å²) in [7, 11) is 0. The maximum absolute atomic E-state index is 12.3. The van der Waals surface area contributed by atoms with Gasteiger partial charge in [0.25, 0.3) is 5.69 Å². The monoisotopic (exact) mass is 345 g/mol. The second-order valence-electron chi connectivity index (χ2n) is 5.37. The van der Waals surface area contributed by atoms with E-state index in [0.29, 0.717) is 10.5 Å². The van der Waals surface area contributed by atoms with E-state index in [0.717, 1.165) is 4.90 Å². The molecule has 1 aliphatic rings. The van der Waals surface area contributed by atoms with Gasteiger partial charge < -0.3 is 9.80 Å². The van der Waals surface area contributed by atoms with E-state index in [2.05, 4.69) is 0 Å². The van der Waals surface area contributed by atoms with Crippen LogP contribution < -0.4 is 0 Å². The van der Waals surface area contributed by atoms with Gasteiger partial charge in [-0.2, -0.15) is 13.2 Å². The second-order valence-corrected chi connectivity index (χ2v) is 5.37. The molecule has 2 amide bonds. The maximum atomic E-state index is 12.3. The van der Waals surface area contributed by atoms with Gasteiger partial charge in [0.05, 0.1) is 11.6 Å². The second kappa shape index (κ2) is 6.85. The molecule has 10 heteroatoms. The van der Waals surface area contributed by atoms with Gasteiger partial charge in [0.15, 0.2) is 0 Å². The van der Waals surface area contributed by atoms with Crippen LogP contribution in [0.1, 0.15) is 12.0 Å². The van der Waals surface area contributed by atoms with E-state index in [1.165, 1.54) is 18.2 Å². The Bertz CT molecular complexity index is 663. The fourth-order valence-corrected chi connectivity index (χ4v) is 2.35. The number of amides is 2. The molecule has 0 bridgehead atoms. The minimum absolute atomic E-state index is 0.0473. The van der Waals surface area contributed by atoms with Crippen molar-refractivity contribution in [2.45, 2.75) is 19.0 Å². The molecule has 0 atom stereocenters. The van der Waals surface area contributed by atoms with Gasteiger partial charge in [-0.1, -0.05) is 12.1 Å². The number of nitro benzene ring substituents is 1. The molecule has 0 aliphatic carbocycles. The van der Waals surface area contributed by atoms with Crippen molar-refractivity contribution in [1.29, 1.82) is 0 Å². The fraction of sp³-hybridized carbons (Fsp3) is 0.429. The number of nitrogens with zero attached hydrogens (tertiary/aromatic N) is 3. The van der Waals surface area contributed by atoms with Crippen LogP contribution in [0.4, 0.5) is 18.9 Å². The standard InChI is InChI=1S/C14H14F3N3O4/c15-14(16,17)8-19-9-18(7-13(19)22)12(21)5-4-10-2-1-3-11(6-10)20(23)24/h1-3,6H,4-5,7-9H2. The van der Waals surface area contributed by atoms with E-state index in [1.807, 2.05) is 0 Å². The molecule has 1 saturated heterocycles. The minimum Gasteiger partial charge on any atom is -0.316 e. The first kappa shape index (κ1) is 17.7. The summed E-state index contributed by atoms with van der Waals surface area (Å²) in [5.41, 5.74) is 0.461. The van der Waals surface area contributed by atoms with E-state index in [9.17, 15) is 32.9 Å². The highest BCUT2D eigenvalue weighted by molar-refractivity contribution is 5.87. The number of carbonyl (C=O) groups excluding carboxylic acids is 2. The number of hydrogen-bond acceptors (Lipinski definition) is 4. The number of nitro groups is 1. The summed E-state index contributed by atoms with van der Waals surface area (Å²) in [6.07, 6.45) is -4.36. The van der Waals surface area contributed by atoms with Gasteiger partial charge in [-0.3, -0.25) is 19.7 Å². The molecule has 0 N–H and O–H groups in total. The lowest BCUT2D eigenvalue weighted by molar-refractivity contribution is -0.384. The number of carbonyl (C=O) groups is 2. The highest BCUT2D eigenvalue weighted by Gasteiger charge is 2.38. The molecule has 0 spiro atoms. The number of hydrogen-bond donors (Lipinski definition) is 0. The molecule has 1 fully saturated rings. The zero-order valence-electron chi connectivity index (χ0n) is 12.5. The Kier molecular flexibility index (Phi) is 5.05. The van der Waals surface area contributed by atoms with Crippen LogP contribution in [-0.4, -0.2) is 52.5 Å². The summed E-state index contributed by atoms with van der Waals surface area (Å²) in [6.45, 7) is -2.17. The van der Waals surface area contributed by atoms with Gasteiger partial charge in [0.2, 0.25) is 11.8 Å². The van der Waals surface area contributed by atoms with Crippen LogP contribution in [0.25, 0.3) is 0 Å². The first-order chi connectivity index (χ1) is 11.2. The van der Waals surface area contributed by atoms with Crippen molar-refractivity contribution >= 4 is 17.5 Å². The number of rotatable bonds is 5. The van der Waals surface area contributed by atoms with Crippen LogP contribution in [0.5, 0.6) is 0 Å². The predicted molar refractivity (Wildman–Crippen MR) is 75.8 cm³/mol. The number of non-ortho nitro benzene ring substituents is 1. The van der Waals surface area contributed by atoms with E-state index in [4.69, 9.17) is 0 Å². The molecule has 1 aliphatic heterocycles. The molecule has 130 valence electrons. The van der Waals surface area contributed by atoms with Gasteiger partial charge in [-0.15, -0.1) is 0 Å². The molecule has 24 heavy (non-hydrogen) atoms. The van der Waals surface area contributed by atoms with Gasteiger partial charge in [0.1, 0.15) is 13.1 Å². The molecule has 0 aromatic heterocycles. The van der Waals surface area contributed by atoms with Gasteiger partial charge in [0, 0.05) is 18.6 Å². The van der Waals surface area contributed by atoms with E-state index in [1.54, 1.807) is 6.07 Å². The van der Waals surface area contributed by atoms with Crippen molar-refractivity contribution in [2.75, 3.05) is 19.8 Å². The quantitative estimate of drug-likeness (QED) is 0.601. The summed E-state index contributed by atoms with van der Waals surface area (Å²) in [6, 6.07) is 5.76. The Hall–Kier alpha value is -2.65. The third-order valence-corrected chi connectivity index (χ3v) is 3.49. The van der Waals surface area contributed by atoms with Crippen molar-refractivity contribution < 1.29 is 27.7 Å². The largest absolute Gasteiger partial charge is 0.406 e. The molecule has 1 aromatic rings. The summed E-state index contributed by atoms with van der Waals surface area (Å²) < 4.78 is 37.0. The molecule has 1 heterocycles. The van der Waals surface area contributed by atoms with Crippen LogP contribution in [0.3, 0.4) is 0 Å². The van der Waals surface area contributed by atoms with Crippen molar-refractivity contribution in [1.82, 2.24) is 9.80 Å². The van der Waals surface area contributed by atoms with E-state index < -0.39 is 36.1 Å². The maximum Gasteiger partial charge on any atom is 0.406 e. The van der Waals surface area contributed by atoms with Crippen LogP contribution in [0.2, 0.25) is 0 Å². The number of alkyl halides is 3. The smallest absolute Gasteiger partial charge is 0.316 e. The van der Waals surface area contributed by atoms with Crippen molar-refractivity contribution in [3.8, 4) is 0 Å². The van der Waals surface area contributed by atoms with Crippen LogP contribution in [-0.2, 0) is 16.0 Å². The number of halogens is 3. The summed E-state index contributed by atoms with van der Waals surface area (Å²) in [5, 5.41) is 10.7. The number of benzene rings is 1. The molecule has 0 saturated carbocycles. The predicted octanol–water partition coefficient (Wildman–Crippen LogP) is 1.72. The Balaban J connectivity index is 1.90. The molecular formula is C14H14F3N3O4. The molecule has 1 aromatic carbocycles.